The van der Waals surface area contributed by atoms with Crippen molar-refractivity contribution in [3.8, 4) is 0 Å². The fourth-order valence-corrected chi connectivity index (χ4v) is 3.16. The average Bonchev–Trinajstić information content (AvgIpc) is 1.97. The molecule has 72 valence electrons. The standard InChI is InChI=1S/C7H15NO3S/c1-8-3-5-12(10,11)6-7(8)2-4-9/h7,9H,2-6H2,1H3. The van der Waals surface area contributed by atoms with Gasteiger partial charge in [-0.15, -0.1) is 0 Å². The van der Waals surface area contributed by atoms with Crippen molar-refractivity contribution in [2.45, 2.75) is 12.5 Å². The van der Waals surface area contributed by atoms with E-state index in [0.717, 1.165) is 0 Å². The highest BCUT2D eigenvalue weighted by atomic mass is 32.2. The van der Waals surface area contributed by atoms with Crippen LogP contribution in [0, 0.1) is 0 Å². The first-order valence-electron chi connectivity index (χ1n) is 4.07. The Labute approximate surface area is 73.1 Å². The molecule has 1 aliphatic heterocycles. The van der Waals surface area contributed by atoms with E-state index in [1.165, 1.54) is 0 Å². The molecule has 0 aromatic heterocycles. The molecule has 12 heavy (non-hydrogen) atoms. The van der Waals surface area contributed by atoms with Crippen LogP contribution in [0.1, 0.15) is 6.42 Å². The van der Waals surface area contributed by atoms with E-state index in [4.69, 9.17) is 5.11 Å². The summed E-state index contributed by atoms with van der Waals surface area (Å²) in [6.45, 7) is 0.650. The van der Waals surface area contributed by atoms with Gasteiger partial charge in [0.2, 0.25) is 0 Å². The summed E-state index contributed by atoms with van der Waals surface area (Å²) < 4.78 is 22.3. The first kappa shape index (κ1) is 9.95. The Balaban J connectivity index is 2.59. The summed E-state index contributed by atoms with van der Waals surface area (Å²) in [5.41, 5.74) is 0. The lowest BCUT2D eigenvalue weighted by Gasteiger charge is -2.31. The highest BCUT2D eigenvalue weighted by molar-refractivity contribution is 7.91. The van der Waals surface area contributed by atoms with E-state index in [9.17, 15) is 8.42 Å². The van der Waals surface area contributed by atoms with E-state index in [-0.39, 0.29) is 24.2 Å². The fraction of sp³-hybridized carbons (Fsp3) is 1.00. The Morgan fingerprint density at radius 2 is 2.25 bits per heavy atom. The average molecular weight is 193 g/mol. The van der Waals surface area contributed by atoms with Crippen molar-refractivity contribution < 1.29 is 13.5 Å². The zero-order chi connectivity index (χ0) is 9.19. The molecule has 1 unspecified atom stereocenters. The van der Waals surface area contributed by atoms with Gasteiger partial charge in [-0.1, -0.05) is 0 Å². The molecule has 1 atom stereocenters. The van der Waals surface area contributed by atoms with Crippen LogP contribution in [-0.4, -0.2) is 56.2 Å². The van der Waals surface area contributed by atoms with Crippen molar-refractivity contribution in [3.05, 3.63) is 0 Å². The highest BCUT2D eigenvalue weighted by Crippen LogP contribution is 2.11. The minimum Gasteiger partial charge on any atom is -0.396 e. The van der Waals surface area contributed by atoms with Crippen molar-refractivity contribution in [1.82, 2.24) is 4.90 Å². The molecule has 5 heteroatoms. The Bertz CT molecular complexity index is 237. The summed E-state index contributed by atoms with van der Waals surface area (Å²) in [7, 11) is -0.942. The molecule has 1 fully saturated rings. The SMILES string of the molecule is CN1CCS(=O)(=O)CC1CCO. The number of aliphatic hydroxyl groups excluding tert-OH is 1. The molecule has 4 nitrogen and oxygen atoms in total. The van der Waals surface area contributed by atoms with Gasteiger partial charge in [0.25, 0.3) is 0 Å². The summed E-state index contributed by atoms with van der Waals surface area (Å²) in [6, 6.07) is 0.00810. The molecule has 1 saturated heterocycles. The number of rotatable bonds is 2. The third-order valence-corrected chi connectivity index (χ3v) is 3.98. The monoisotopic (exact) mass is 193 g/mol. The molecular formula is C7H15NO3S. The molecule has 0 amide bonds. The van der Waals surface area contributed by atoms with Crippen LogP contribution in [-0.2, 0) is 9.84 Å². The van der Waals surface area contributed by atoms with Crippen LogP contribution in [0.25, 0.3) is 0 Å². The molecule has 0 bridgehead atoms. The largest absolute Gasteiger partial charge is 0.396 e. The summed E-state index contributed by atoms with van der Waals surface area (Å²) >= 11 is 0. The Morgan fingerprint density at radius 1 is 1.58 bits per heavy atom. The van der Waals surface area contributed by atoms with E-state index in [2.05, 4.69) is 0 Å². The molecule has 1 aliphatic rings. The van der Waals surface area contributed by atoms with Crippen LogP contribution >= 0.6 is 0 Å². The second kappa shape index (κ2) is 3.72. The fourth-order valence-electron chi connectivity index (χ4n) is 1.42. The van der Waals surface area contributed by atoms with Crippen molar-refractivity contribution >= 4 is 9.84 Å². The van der Waals surface area contributed by atoms with E-state index in [1.807, 2.05) is 11.9 Å². The second-order valence-electron chi connectivity index (χ2n) is 3.26. The van der Waals surface area contributed by atoms with Crippen LogP contribution in [0.15, 0.2) is 0 Å². The van der Waals surface area contributed by atoms with Gasteiger partial charge >= 0.3 is 0 Å². The lowest BCUT2D eigenvalue weighted by Crippen LogP contribution is -2.46. The Kier molecular flexibility index (Phi) is 3.09. The van der Waals surface area contributed by atoms with Crippen LogP contribution < -0.4 is 0 Å². The predicted octanol–water partition coefficient (Wildman–Crippen LogP) is -0.902. The Hall–Kier alpha value is -0.130. The number of sulfone groups is 1. The minimum absolute atomic E-state index is 0.00810. The number of nitrogens with zero attached hydrogens (tertiary/aromatic N) is 1. The summed E-state index contributed by atoms with van der Waals surface area (Å²) in [5, 5.41) is 8.69. The molecule has 1 rings (SSSR count). The normalized spacial score (nSPS) is 30.3. The predicted molar refractivity (Wildman–Crippen MR) is 46.8 cm³/mol. The second-order valence-corrected chi connectivity index (χ2v) is 5.49. The maximum atomic E-state index is 11.2. The molecule has 0 saturated carbocycles. The van der Waals surface area contributed by atoms with Crippen LogP contribution in [0.3, 0.4) is 0 Å². The van der Waals surface area contributed by atoms with Gasteiger partial charge < -0.3 is 10.0 Å². The molecule has 0 spiro atoms. The zero-order valence-corrected chi connectivity index (χ0v) is 8.05. The number of hydrogen-bond acceptors (Lipinski definition) is 4. The van der Waals surface area contributed by atoms with Crippen molar-refractivity contribution in [2.24, 2.45) is 0 Å². The lowest BCUT2D eigenvalue weighted by molar-refractivity contribution is 0.198. The van der Waals surface area contributed by atoms with Gasteiger partial charge in [-0.25, -0.2) is 8.42 Å². The number of hydrogen-bond donors (Lipinski definition) is 1. The van der Waals surface area contributed by atoms with Crippen molar-refractivity contribution in [1.29, 1.82) is 0 Å². The highest BCUT2D eigenvalue weighted by Gasteiger charge is 2.27. The Morgan fingerprint density at radius 3 is 2.83 bits per heavy atom. The van der Waals surface area contributed by atoms with Gasteiger partial charge in [0.15, 0.2) is 9.84 Å². The van der Waals surface area contributed by atoms with Gasteiger partial charge in [0.05, 0.1) is 11.5 Å². The van der Waals surface area contributed by atoms with Crippen molar-refractivity contribution in [3.63, 3.8) is 0 Å². The van der Waals surface area contributed by atoms with E-state index in [0.29, 0.717) is 13.0 Å². The zero-order valence-electron chi connectivity index (χ0n) is 7.23. The van der Waals surface area contributed by atoms with Crippen LogP contribution in [0.2, 0.25) is 0 Å². The molecular weight excluding hydrogens is 178 g/mol. The number of aliphatic hydroxyl groups is 1. The molecule has 1 heterocycles. The van der Waals surface area contributed by atoms with E-state index < -0.39 is 9.84 Å². The van der Waals surface area contributed by atoms with Gasteiger partial charge in [-0.05, 0) is 13.5 Å². The van der Waals surface area contributed by atoms with Gasteiger partial charge in [-0.2, -0.15) is 0 Å². The van der Waals surface area contributed by atoms with Gasteiger partial charge in [0, 0.05) is 19.2 Å². The first-order chi connectivity index (χ1) is 5.55. The van der Waals surface area contributed by atoms with E-state index in [1.54, 1.807) is 0 Å². The third kappa shape index (κ3) is 2.43. The third-order valence-electron chi connectivity index (χ3n) is 2.29. The first-order valence-corrected chi connectivity index (χ1v) is 5.89. The summed E-state index contributed by atoms with van der Waals surface area (Å²) in [4.78, 5) is 2.00. The molecule has 0 aromatic rings. The van der Waals surface area contributed by atoms with Crippen molar-refractivity contribution in [2.75, 3.05) is 31.7 Å². The summed E-state index contributed by atoms with van der Waals surface area (Å²) in [5.74, 6) is 0.454. The molecule has 1 N–H and O–H groups in total. The maximum Gasteiger partial charge on any atom is 0.153 e. The molecule has 0 aliphatic carbocycles. The molecule has 0 aromatic carbocycles. The van der Waals surface area contributed by atoms with Gasteiger partial charge in [-0.3, -0.25) is 0 Å². The topological polar surface area (TPSA) is 57.6 Å². The van der Waals surface area contributed by atoms with E-state index >= 15 is 0 Å². The van der Waals surface area contributed by atoms with Gasteiger partial charge in [0.1, 0.15) is 0 Å². The summed E-state index contributed by atoms with van der Waals surface area (Å²) in [6.07, 6.45) is 0.551. The maximum absolute atomic E-state index is 11.2. The smallest absolute Gasteiger partial charge is 0.153 e. The molecule has 0 radical (unpaired) electrons. The quantitative estimate of drug-likeness (QED) is 0.617. The minimum atomic E-state index is -2.84. The van der Waals surface area contributed by atoms with Crippen LogP contribution in [0.4, 0.5) is 0 Å². The lowest BCUT2D eigenvalue weighted by atomic mass is 10.2. The van der Waals surface area contributed by atoms with Crippen LogP contribution in [0.5, 0.6) is 0 Å².